The Hall–Kier alpha value is -1.05. The highest BCUT2D eigenvalue weighted by molar-refractivity contribution is 5.38. The molecule has 2 heteroatoms. The maximum Gasteiger partial charge on any atom is 0.130 e. The molecule has 0 radical (unpaired) electrons. The first-order chi connectivity index (χ1) is 12.7. The molecule has 0 bridgehead atoms. The number of halogens is 1. The van der Waals surface area contributed by atoms with Crippen molar-refractivity contribution in [3.63, 3.8) is 0 Å². The third-order valence-electron chi connectivity index (χ3n) is 7.87. The zero-order valence-electron chi connectivity index (χ0n) is 16.6. The van der Waals surface area contributed by atoms with E-state index in [4.69, 9.17) is 4.74 Å². The van der Waals surface area contributed by atoms with Crippen molar-refractivity contribution in [2.45, 2.75) is 77.6 Å². The predicted octanol–water partition coefficient (Wildman–Crippen LogP) is 6.57. The number of ether oxygens (including phenoxy) is 1. The number of fused-ring (bicyclic) bond motifs is 2. The molecule has 5 unspecified atom stereocenters. The van der Waals surface area contributed by atoms with Crippen molar-refractivity contribution in [2.75, 3.05) is 7.11 Å². The molecule has 0 saturated heterocycles. The Balaban J connectivity index is 1.40. The maximum atomic E-state index is 14.6. The molecule has 0 aromatic heterocycles. The maximum absolute atomic E-state index is 14.6. The first-order valence-corrected chi connectivity index (χ1v) is 11.0. The monoisotopic (exact) mass is 358 g/mol. The second-order valence-electron chi connectivity index (χ2n) is 9.31. The van der Waals surface area contributed by atoms with Crippen LogP contribution < -0.4 is 4.74 Å². The van der Waals surface area contributed by atoms with E-state index in [2.05, 4.69) is 13.0 Å². The molecule has 4 rings (SSSR count). The molecule has 1 aromatic rings. The van der Waals surface area contributed by atoms with Gasteiger partial charge in [0, 0.05) is 6.07 Å². The van der Waals surface area contributed by atoms with Crippen LogP contribution >= 0.6 is 0 Å². The van der Waals surface area contributed by atoms with E-state index in [1.54, 1.807) is 13.2 Å². The van der Waals surface area contributed by atoms with Gasteiger partial charge in [-0.25, -0.2) is 4.39 Å². The molecule has 2 fully saturated rings. The van der Waals surface area contributed by atoms with Gasteiger partial charge in [-0.1, -0.05) is 26.2 Å². The van der Waals surface area contributed by atoms with Crippen LogP contribution in [-0.2, 0) is 12.8 Å². The summed E-state index contributed by atoms with van der Waals surface area (Å²) in [6.07, 6.45) is 14.7. The lowest BCUT2D eigenvalue weighted by atomic mass is 9.61. The summed E-state index contributed by atoms with van der Waals surface area (Å²) in [7, 11) is 1.63. The van der Waals surface area contributed by atoms with Crippen LogP contribution in [0.2, 0.25) is 0 Å². The van der Waals surface area contributed by atoms with Gasteiger partial charge in [-0.2, -0.15) is 0 Å². The summed E-state index contributed by atoms with van der Waals surface area (Å²) in [5, 5.41) is 0. The zero-order valence-corrected chi connectivity index (χ0v) is 16.6. The van der Waals surface area contributed by atoms with E-state index in [-0.39, 0.29) is 5.82 Å². The smallest absolute Gasteiger partial charge is 0.130 e. The Morgan fingerprint density at radius 1 is 0.962 bits per heavy atom. The van der Waals surface area contributed by atoms with E-state index in [1.807, 2.05) is 0 Å². The molecular weight excluding hydrogens is 323 g/mol. The molecule has 0 N–H and O–H groups in total. The topological polar surface area (TPSA) is 9.23 Å². The van der Waals surface area contributed by atoms with E-state index < -0.39 is 0 Å². The van der Waals surface area contributed by atoms with Crippen molar-refractivity contribution in [3.8, 4) is 5.75 Å². The predicted molar refractivity (Wildman–Crippen MR) is 105 cm³/mol. The van der Waals surface area contributed by atoms with Gasteiger partial charge >= 0.3 is 0 Å². The molecule has 0 spiro atoms. The fraction of sp³-hybridized carbons (Fsp3) is 0.750. The van der Waals surface area contributed by atoms with Gasteiger partial charge in [0.05, 0.1) is 7.11 Å². The number of methoxy groups -OCH3 is 1. The fourth-order valence-electron chi connectivity index (χ4n) is 6.46. The van der Waals surface area contributed by atoms with Gasteiger partial charge in [0.2, 0.25) is 0 Å². The fourth-order valence-corrected chi connectivity index (χ4v) is 6.46. The molecule has 3 aliphatic rings. The summed E-state index contributed by atoms with van der Waals surface area (Å²) >= 11 is 0. The summed E-state index contributed by atoms with van der Waals surface area (Å²) < 4.78 is 19.8. The summed E-state index contributed by atoms with van der Waals surface area (Å²) in [5.74, 6) is 5.11. The minimum atomic E-state index is -0.0437. The first kappa shape index (κ1) is 18.3. The molecule has 144 valence electrons. The van der Waals surface area contributed by atoms with E-state index >= 15 is 0 Å². The van der Waals surface area contributed by atoms with Crippen LogP contribution in [0.4, 0.5) is 4.39 Å². The molecule has 1 nitrogen and oxygen atoms in total. The average molecular weight is 359 g/mol. The number of hydrogen-bond donors (Lipinski definition) is 0. The largest absolute Gasteiger partial charge is 0.497 e. The molecule has 2 saturated carbocycles. The second-order valence-corrected chi connectivity index (χ2v) is 9.31. The summed E-state index contributed by atoms with van der Waals surface area (Å²) in [6.45, 7) is 2.33. The third-order valence-corrected chi connectivity index (χ3v) is 7.87. The minimum absolute atomic E-state index is 0.0437. The summed E-state index contributed by atoms with van der Waals surface area (Å²) in [5.41, 5.74) is 2.17. The standard InChI is InChI=1S/C24H35FO/c1-3-4-16-5-6-18-12-19(8-7-17(18)11-16)20-9-10-21-13-22(26-2)15-24(25)23(21)14-20/h13,15-20H,3-12,14H2,1-2H3. The normalized spacial score (nSPS) is 34.0. The third kappa shape index (κ3) is 3.66. The van der Waals surface area contributed by atoms with Crippen LogP contribution in [0.15, 0.2) is 12.1 Å². The molecule has 0 amide bonds. The van der Waals surface area contributed by atoms with Crippen molar-refractivity contribution < 1.29 is 9.13 Å². The molecule has 5 atom stereocenters. The quantitative estimate of drug-likeness (QED) is 0.591. The van der Waals surface area contributed by atoms with Crippen molar-refractivity contribution in [2.24, 2.45) is 29.6 Å². The molecular formula is C24H35FO. The van der Waals surface area contributed by atoms with Crippen molar-refractivity contribution in [1.82, 2.24) is 0 Å². The lowest BCUT2D eigenvalue weighted by Gasteiger charge is -2.45. The van der Waals surface area contributed by atoms with Crippen LogP contribution in [-0.4, -0.2) is 7.11 Å². The Kier molecular flexibility index (Phi) is 5.57. The lowest BCUT2D eigenvalue weighted by Crippen LogP contribution is -2.35. The van der Waals surface area contributed by atoms with Crippen molar-refractivity contribution in [1.29, 1.82) is 0 Å². The Labute approximate surface area is 158 Å². The van der Waals surface area contributed by atoms with Gasteiger partial charge in [0.15, 0.2) is 0 Å². The van der Waals surface area contributed by atoms with E-state index in [0.717, 1.165) is 42.1 Å². The van der Waals surface area contributed by atoms with Gasteiger partial charge in [0.1, 0.15) is 11.6 Å². The highest BCUT2D eigenvalue weighted by Gasteiger charge is 2.38. The van der Waals surface area contributed by atoms with E-state index in [1.165, 1.54) is 63.4 Å². The lowest BCUT2D eigenvalue weighted by molar-refractivity contribution is 0.0692. The second kappa shape index (κ2) is 7.90. The van der Waals surface area contributed by atoms with Crippen molar-refractivity contribution >= 4 is 0 Å². The first-order valence-electron chi connectivity index (χ1n) is 11.0. The number of rotatable bonds is 4. The van der Waals surface area contributed by atoms with E-state index in [0.29, 0.717) is 11.7 Å². The molecule has 1 aromatic carbocycles. The zero-order chi connectivity index (χ0) is 18.1. The van der Waals surface area contributed by atoms with Crippen LogP contribution in [0.3, 0.4) is 0 Å². The summed E-state index contributed by atoms with van der Waals surface area (Å²) in [4.78, 5) is 0. The van der Waals surface area contributed by atoms with Gasteiger partial charge in [0.25, 0.3) is 0 Å². The van der Waals surface area contributed by atoms with Gasteiger partial charge in [-0.05, 0) is 98.1 Å². The number of aryl methyl sites for hydroxylation is 1. The van der Waals surface area contributed by atoms with Crippen LogP contribution in [0.1, 0.15) is 75.8 Å². The van der Waals surface area contributed by atoms with E-state index in [9.17, 15) is 4.39 Å². The molecule has 0 heterocycles. The number of benzene rings is 1. The van der Waals surface area contributed by atoms with Gasteiger partial charge in [-0.3, -0.25) is 0 Å². The Morgan fingerprint density at radius 3 is 2.46 bits per heavy atom. The van der Waals surface area contributed by atoms with Gasteiger partial charge in [-0.15, -0.1) is 0 Å². The van der Waals surface area contributed by atoms with Crippen molar-refractivity contribution in [3.05, 3.63) is 29.1 Å². The van der Waals surface area contributed by atoms with Crippen LogP contribution in [0.5, 0.6) is 5.75 Å². The highest BCUT2D eigenvalue weighted by atomic mass is 19.1. The summed E-state index contributed by atoms with van der Waals surface area (Å²) in [6, 6.07) is 3.63. The minimum Gasteiger partial charge on any atom is -0.497 e. The molecule has 0 aliphatic heterocycles. The van der Waals surface area contributed by atoms with Gasteiger partial charge < -0.3 is 4.74 Å². The Morgan fingerprint density at radius 2 is 1.69 bits per heavy atom. The molecule has 3 aliphatic carbocycles. The van der Waals surface area contributed by atoms with Crippen LogP contribution in [0.25, 0.3) is 0 Å². The van der Waals surface area contributed by atoms with Crippen LogP contribution in [0, 0.1) is 35.4 Å². The number of hydrogen-bond acceptors (Lipinski definition) is 1. The molecule has 26 heavy (non-hydrogen) atoms. The average Bonchev–Trinajstić information content (AvgIpc) is 2.67. The Bertz CT molecular complexity index is 625. The SMILES string of the molecule is CCCC1CCC2CC(C3CCc4cc(OC)cc(F)c4C3)CCC2C1. The highest BCUT2D eigenvalue weighted by Crippen LogP contribution is 2.49.